The van der Waals surface area contributed by atoms with Crippen LogP contribution >= 0.6 is 0 Å². The molecule has 4 aromatic rings. The molecule has 4 heterocycles. The molecule has 0 bridgehead atoms. The van der Waals surface area contributed by atoms with Gasteiger partial charge in [0.15, 0.2) is 0 Å². The van der Waals surface area contributed by atoms with Gasteiger partial charge in [0.1, 0.15) is 23.0 Å². The molecular formula is C24H27N7O. The summed E-state index contributed by atoms with van der Waals surface area (Å²) in [6, 6.07) is 14.3. The second kappa shape index (κ2) is 8.92. The van der Waals surface area contributed by atoms with Crippen LogP contribution in [0.15, 0.2) is 54.9 Å². The van der Waals surface area contributed by atoms with Crippen molar-refractivity contribution in [3.8, 4) is 0 Å². The fraction of sp³-hybridized carbons (Fsp3) is 0.333. The van der Waals surface area contributed by atoms with Crippen LogP contribution < -0.4 is 10.2 Å². The van der Waals surface area contributed by atoms with Gasteiger partial charge in [0.2, 0.25) is 5.95 Å². The third-order valence-corrected chi connectivity index (χ3v) is 5.97. The van der Waals surface area contributed by atoms with Crippen molar-refractivity contribution in [2.45, 2.75) is 32.4 Å². The second-order valence-electron chi connectivity index (χ2n) is 8.08. The third kappa shape index (κ3) is 4.27. The van der Waals surface area contributed by atoms with Crippen molar-refractivity contribution in [2.24, 2.45) is 0 Å². The van der Waals surface area contributed by atoms with Crippen molar-refractivity contribution in [1.29, 1.82) is 0 Å². The molecule has 0 unspecified atom stereocenters. The highest BCUT2D eigenvalue weighted by Crippen LogP contribution is 2.23. The Bertz CT molecular complexity index is 1200. The molecule has 1 aliphatic heterocycles. The van der Waals surface area contributed by atoms with Crippen molar-refractivity contribution in [3.63, 3.8) is 0 Å². The molecule has 1 saturated heterocycles. The predicted molar refractivity (Wildman–Crippen MR) is 125 cm³/mol. The van der Waals surface area contributed by atoms with Crippen LogP contribution in [0.25, 0.3) is 11.0 Å². The number of pyridine rings is 1. The van der Waals surface area contributed by atoms with Crippen LogP contribution in [0.2, 0.25) is 0 Å². The number of fused-ring (bicyclic) bond motifs is 1. The van der Waals surface area contributed by atoms with Gasteiger partial charge >= 0.3 is 0 Å². The molecule has 1 N–H and O–H groups in total. The number of benzene rings is 1. The van der Waals surface area contributed by atoms with E-state index in [1.54, 1.807) is 13.3 Å². The topological polar surface area (TPSA) is 81.0 Å². The van der Waals surface area contributed by atoms with Gasteiger partial charge in [0.25, 0.3) is 0 Å². The minimum Gasteiger partial charge on any atom is -0.381 e. The van der Waals surface area contributed by atoms with E-state index in [9.17, 15) is 0 Å². The molecule has 0 saturated carbocycles. The number of hydrogen-bond acceptors (Lipinski definition) is 7. The van der Waals surface area contributed by atoms with Crippen LogP contribution in [0.3, 0.4) is 0 Å². The van der Waals surface area contributed by atoms with E-state index in [0.717, 1.165) is 66.9 Å². The Morgan fingerprint density at radius 3 is 2.62 bits per heavy atom. The van der Waals surface area contributed by atoms with Gasteiger partial charge in [-0.3, -0.25) is 0 Å². The third-order valence-electron chi connectivity index (χ3n) is 5.97. The molecule has 0 aliphatic carbocycles. The van der Waals surface area contributed by atoms with Crippen LogP contribution in [0.4, 0.5) is 17.6 Å². The van der Waals surface area contributed by atoms with Crippen molar-refractivity contribution >= 4 is 28.6 Å². The van der Waals surface area contributed by atoms with Gasteiger partial charge < -0.3 is 19.5 Å². The summed E-state index contributed by atoms with van der Waals surface area (Å²) in [4.78, 5) is 20.6. The molecule has 8 nitrogen and oxygen atoms in total. The second-order valence-corrected chi connectivity index (χ2v) is 8.08. The first-order valence-corrected chi connectivity index (χ1v) is 10.9. The summed E-state index contributed by atoms with van der Waals surface area (Å²) >= 11 is 0. The lowest BCUT2D eigenvalue weighted by molar-refractivity contribution is 0.0816. The maximum absolute atomic E-state index is 5.47. The predicted octanol–water partition coefficient (Wildman–Crippen LogP) is 3.94. The van der Waals surface area contributed by atoms with E-state index in [4.69, 9.17) is 9.72 Å². The highest BCUT2D eigenvalue weighted by Gasteiger charge is 2.20. The number of rotatable bonds is 6. The molecule has 0 radical (unpaired) electrons. The zero-order chi connectivity index (χ0) is 21.9. The lowest BCUT2D eigenvalue weighted by atomic mass is 10.1. The maximum atomic E-state index is 5.47. The molecule has 0 amide bonds. The van der Waals surface area contributed by atoms with E-state index in [0.29, 0.717) is 6.10 Å². The fourth-order valence-corrected chi connectivity index (χ4v) is 4.18. The van der Waals surface area contributed by atoms with E-state index >= 15 is 0 Å². The number of hydrogen-bond donors (Lipinski definition) is 1. The summed E-state index contributed by atoms with van der Waals surface area (Å²) < 4.78 is 7.68. The first kappa shape index (κ1) is 20.4. The number of piperidine rings is 1. The summed E-state index contributed by atoms with van der Waals surface area (Å²) in [6.45, 7) is 4.58. The monoisotopic (exact) mass is 429 g/mol. The summed E-state index contributed by atoms with van der Waals surface area (Å²) in [6.07, 6.45) is 5.90. The van der Waals surface area contributed by atoms with Gasteiger partial charge in [-0.25, -0.2) is 15.0 Å². The molecule has 32 heavy (non-hydrogen) atoms. The largest absolute Gasteiger partial charge is 0.381 e. The molecule has 1 fully saturated rings. The Kier molecular flexibility index (Phi) is 5.68. The molecule has 1 aliphatic rings. The van der Waals surface area contributed by atoms with Crippen LogP contribution in [0.5, 0.6) is 0 Å². The fourth-order valence-electron chi connectivity index (χ4n) is 4.18. The number of imidazole rings is 1. The lowest BCUT2D eigenvalue weighted by Crippen LogP contribution is -2.37. The number of ether oxygens (including phenoxy) is 1. The number of nitrogens with zero attached hydrogens (tertiary/aromatic N) is 6. The van der Waals surface area contributed by atoms with E-state index in [2.05, 4.69) is 54.0 Å². The van der Waals surface area contributed by atoms with Gasteiger partial charge in [-0.05, 0) is 31.4 Å². The minimum absolute atomic E-state index is 0.327. The standard InChI is InChI=1S/C24H27N7O/c1-17-27-20-15-26-23(14-21(20)31(17)16-18-6-4-3-5-7-18)28-22-8-11-25-24(29-22)30-12-9-19(32-2)10-13-30/h3-8,11,14-15,19H,9-10,12-13,16H2,1-2H3,(H,25,26,28,29). The highest BCUT2D eigenvalue weighted by molar-refractivity contribution is 5.79. The van der Waals surface area contributed by atoms with Gasteiger partial charge in [0.05, 0.1) is 17.8 Å². The number of anilines is 3. The van der Waals surface area contributed by atoms with E-state index in [-0.39, 0.29) is 0 Å². The van der Waals surface area contributed by atoms with Gasteiger partial charge in [-0.15, -0.1) is 0 Å². The van der Waals surface area contributed by atoms with Crippen molar-refractivity contribution in [1.82, 2.24) is 24.5 Å². The van der Waals surface area contributed by atoms with Crippen molar-refractivity contribution in [3.05, 3.63) is 66.2 Å². The average molecular weight is 430 g/mol. The van der Waals surface area contributed by atoms with Crippen molar-refractivity contribution < 1.29 is 4.74 Å². The summed E-state index contributed by atoms with van der Waals surface area (Å²) in [5.41, 5.74) is 3.16. The Hall–Kier alpha value is -3.52. The first-order chi connectivity index (χ1) is 15.7. The van der Waals surface area contributed by atoms with Crippen molar-refractivity contribution in [2.75, 3.05) is 30.4 Å². The summed E-state index contributed by atoms with van der Waals surface area (Å²) in [5.74, 6) is 3.15. The molecule has 1 aromatic carbocycles. The quantitative estimate of drug-likeness (QED) is 0.497. The Labute approximate surface area is 187 Å². The Balaban J connectivity index is 1.37. The van der Waals surface area contributed by atoms with Crippen LogP contribution in [-0.2, 0) is 11.3 Å². The van der Waals surface area contributed by atoms with E-state index in [1.165, 1.54) is 5.56 Å². The minimum atomic E-state index is 0.327. The number of aryl methyl sites for hydroxylation is 1. The molecule has 0 spiro atoms. The molecule has 8 heteroatoms. The van der Waals surface area contributed by atoms with Crippen LogP contribution in [0.1, 0.15) is 24.2 Å². The molecule has 164 valence electrons. The zero-order valence-electron chi connectivity index (χ0n) is 18.4. The van der Waals surface area contributed by atoms with E-state index in [1.807, 2.05) is 31.3 Å². The van der Waals surface area contributed by atoms with Crippen LogP contribution in [0, 0.1) is 6.92 Å². The normalized spacial score (nSPS) is 14.8. The maximum Gasteiger partial charge on any atom is 0.227 e. The summed E-state index contributed by atoms with van der Waals surface area (Å²) in [7, 11) is 1.78. The lowest BCUT2D eigenvalue weighted by Gasteiger charge is -2.31. The number of methoxy groups -OCH3 is 1. The Morgan fingerprint density at radius 2 is 1.84 bits per heavy atom. The molecular weight excluding hydrogens is 402 g/mol. The highest BCUT2D eigenvalue weighted by atomic mass is 16.5. The van der Waals surface area contributed by atoms with Gasteiger partial charge in [-0.1, -0.05) is 30.3 Å². The average Bonchev–Trinajstić information content (AvgIpc) is 3.14. The molecule has 3 aromatic heterocycles. The van der Waals surface area contributed by atoms with Gasteiger partial charge in [-0.2, -0.15) is 4.98 Å². The van der Waals surface area contributed by atoms with Gasteiger partial charge in [0, 0.05) is 39.0 Å². The smallest absolute Gasteiger partial charge is 0.227 e. The van der Waals surface area contributed by atoms with E-state index < -0.39 is 0 Å². The zero-order valence-corrected chi connectivity index (χ0v) is 18.4. The summed E-state index contributed by atoms with van der Waals surface area (Å²) in [5, 5.41) is 3.34. The molecule has 5 rings (SSSR count). The van der Waals surface area contributed by atoms with Crippen LogP contribution in [-0.4, -0.2) is 50.8 Å². The first-order valence-electron chi connectivity index (χ1n) is 10.9. The molecule has 0 atom stereocenters. The SMILES string of the molecule is COC1CCN(c2nccc(Nc3cc4c(cn3)nc(C)n4Cc3ccccc3)n2)CC1. The number of nitrogens with one attached hydrogen (secondary N) is 1. The Morgan fingerprint density at radius 1 is 1.03 bits per heavy atom. The number of aromatic nitrogens is 5.